The number of rotatable bonds is 4. The second-order valence-corrected chi connectivity index (χ2v) is 4.77. The van der Waals surface area contributed by atoms with E-state index in [9.17, 15) is 9.59 Å². The van der Waals surface area contributed by atoms with Gasteiger partial charge in [0.15, 0.2) is 0 Å². The molecule has 0 amide bonds. The van der Waals surface area contributed by atoms with E-state index in [4.69, 9.17) is 4.74 Å². The monoisotopic (exact) mass is 227 g/mol. The maximum atomic E-state index is 11.7. The molecule has 1 aliphatic heterocycles. The zero-order valence-electron chi connectivity index (χ0n) is 10.4. The van der Waals surface area contributed by atoms with Crippen LogP contribution in [0, 0.1) is 5.92 Å². The highest BCUT2D eigenvalue weighted by Gasteiger charge is 2.26. The summed E-state index contributed by atoms with van der Waals surface area (Å²) in [6, 6.07) is -0.230. The van der Waals surface area contributed by atoms with Gasteiger partial charge in [-0.2, -0.15) is 0 Å². The molecule has 16 heavy (non-hydrogen) atoms. The van der Waals surface area contributed by atoms with Crippen molar-refractivity contribution in [1.82, 2.24) is 4.90 Å². The maximum Gasteiger partial charge on any atom is 0.323 e. The standard InChI is InChI=1S/C12H21NO3/c1-9(2)8-16-12(15)10(3)13-6-4-11(14)5-7-13/h9-10H,4-8H2,1-3H3. The quantitative estimate of drug-likeness (QED) is 0.678. The summed E-state index contributed by atoms with van der Waals surface area (Å²) >= 11 is 0. The molecule has 0 radical (unpaired) electrons. The van der Waals surface area contributed by atoms with Gasteiger partial charge in [0.2, 0.25) is 0 Å². The summed E-state index contributed by atoms with van der Waals surface area (Å²) in [6.45, 7) is 7.69. The van der Waals surface area contributed by atoms with Crippen LogP contribution in [0.1, 0.15) is 33.6 Å². The van der Waals surface area contributed by atoms with E-state index in [1.807, 2.05) is 25.7 Å². The summed E-state index contributed by atoms with van der Waals surface area (Å²) in [4.78, 5) is 24.8. The van der Waals surface area contributed by atoms with Crippen LogP contribution in [-0.4, -0.2) is 42.4 Å². The average molecular weight is 227 g/mol. The van der Waals surface area contributed by atoms with Crippen LogP contribution in [0.5, 0.6) is 0 Å². The molecule has 0 bridgehead atoms. The summed E-state index contributed by atoms with van der Waals surface area (Å²) in [5.41, 5.74) is 0. The molecule has 1 atom stereocenters. The van der Waals surface area contributed by atoms with Crippen LogP contribution >= 0.6 is 0 Å². The van der Waals surface area contributed by atoms with Gasteiger partial charge in [-0.15, -0.1) is 0 Å². The minimum Gasteiger partial charge on any atom is -0.464 e. The molecule has 0 aromatic carbocycles. The molecule has 1 heterocycles. The molecule has 1 saturated heterocycles. The Kier molecular flexibility index (Phi) is 4.93. The van der Waals surface area contributed by atoms with Gasteiger partial charge < -0.3 is 4.74 Å². The van der Waals surface area contributed by atoms with Crippen LogP contribution in [0.3, 0.4) is 0 Å². The van der Waals surface area contributed by atoms with Gasteiger partial charge in [0.1, 0.15) is 11.8 Å². The Balaban J connectivity index is 2.35. The lowest BCUT2D eigenvalue weighted by Crippen LogP contribution is -2.45. The molecule has 0 aromatic rings. The van der Waals surface area contributed by atoms with Crippen molar-refractivity contribution in [1.29, 1.82) is 0 Å². The van der Waals surface area contributed by atoms with Gasteiger partial charge in [0.25, 0.3) is 0 Å². The molecular weight excluding hydrogens is 206 g/mol. The van der Waals surface area contributed by atoms with Crippen LogP contribution in [0.2, 0.25) is 0 Å². The van der Waals surface area contributed by atoms with Gasteiger partial charge >= 0.3 is 5.97 Å². The Morgan fingerprint density at radius 2 is 1.88 bits per heavy atom. The van der Waals surface area contributed by atoms with Gasteiger partial charge in [0.05, 0.1) is 6.61 Å². The Morgan fingerprint density at radius 1 is 1.31 bits per heavy atom. The number of ether oxygens (including phenoxy) is 1. The van der Waals surface area contributed by atoms with Crippen molar-refractivity contribution in [3.05, 3.63) is 0 Å². The number of likely N-dealkylation sites (tertiary alicyclic amines) is 1. The van der Waals surface area contributed by atoms with E-state index < -0.39 is 0 Å². The number of carbonyl (C=O) groups is 2. The molecule has 0 spiro atoms. The van der Waals surface area contributed by atoms with Crippen molar-refractivity contribution in [2.45, 2.75) is 39.7 Å². The van der Waals surface area contributed by atoms with Crippen LogP contribution in [0.4, 0.5) is 0 Å². The van der Waals surface area contributed by atoms with Crippen LogP contribution in [-0.2, 0) is 14.3 Å². The lowest BCUT2D eigenvalue weighted by molar-refractivity contribution is -0.151. The predicted molar refractivity (Wildman–Crippen MR) is 61.1 cm³/mol. The van der Waals surface area contributed by atoms with Crippen molar-refractivity contribution in [3.8, 4) is 0 Å². The van der Waals surface area contributed by atoms with Gasteiger partial charge in [-0.3, -0.25) is 14.5 Å². The van der Waals surface area contributed by atoms with E-state index in [0.29, 0.717) is 44.2 Å². The van der Waals surface area contributed by atoms with Gasteiger partial charge in [-0.05, 0) is 12.8 Å². The van der Waals surface area contributed by atoms with E-state index in [1.54, 1.807) is 0 Å². The normalized spacial score (nSPS) is 19.9. The molecule has 92 valence electrons. The third-order valence-electron chi connectivity index (χ3n) is 2.80. The van der Waals surface area contributed by atoms with E-state index >= 15 is 0 Å². The summed E-state index contributed by atoms with van der Waals surface area (Å²) in [5, 5.41) is 0. The van der Waals surface area contributed by atoms with Crippen molar-refractivity contribution in [3.63, 3.8) is 0 Å². The number of carbonyl (C=O) groups excluding carboxylic acids is 2. The fraction of sp³-hybridized carbons (Fsp3) is 0.833. The average Bonchev–Trinajstić information content (AvgIpc) is 2.26. The summed E-state index contributed by atoms with van der Waals surface area (Å²) in [5.74, 6) is 0.473. The first-order valence-corrected chi connectivity index (χ1v) is 5.93. The number of piperidine rings is 1. The highest BCUT2D eigenvalue weighted by atomic mass is 16.5. The zero-order chi connectivity index (χ0) is 12.1. The topological polar surface area (TPSA) is 46.6 Å². The molecule has 0 aliphatic carbocycles. The number of hydrogen-bond acceptors (Lipinski definition) is 4. The van der Waals surface area contributed by atoms with Gasteiger partial charge in [0, 0.05) is 25.9 Å². The zero-order valence-corrected chi connectivity index (χ0v) is 10.4. The molecule has 0 aromatic heterocycles. The molecule has 4 nitrogen and oxygen atoms in total. The van der Waals surface area contributed by atoms with E-state index in [0.717, 1.165) is 0 Å². The molecule has 1 fully saturated rings. The second-order valence-electron chi connectivity index (χ2n) is 4.77. The second kappa shape index (κ2) is 5.99. The summed E-state index contributed by atoms with van der Waals surface area (Å²) in [7, 11) is 0. The first-order chi connectivity index (χ1) is 7.50. The fourth-order valence-electron chi connectivity index (χ4n) is 1.68. The number of ketones is 1. The lowest BCUT2D eigenvalue weighted by atomic mass is 10.1. The molecule has 1 unspecified atom stereocenters. The van der Waals surface area contributed by atoms with Crippen molar-refractivity contribution in [2.24, 2.45) is 5.92 Å². The molecule has 4 heteroatoms. The predicted octanol–water partition coefficient (Wildman–Crippen LogP) is 1.24. The van der Waals surface area contributed by atoms with Crippen molar-refractivity contribution < 1.29 is 14.3 Å². The first kappa shape index (κ1) is 13.2. The fourth-order valence-corrected chi connectivity index (χ4v) is 1.68. The molecule has 1 rings (SSSR count). The van der Waals surface area contributed by atoms with Crippen molar-refractivity contribution >= 4 is 11.8 Å². The Bertz CT molecular complexity index is 253. The number of Topliss-reactive ketones (excluding diaryl/α,β-unsaturated/α-hetero) is 1. The lowest BCUT2D eigenvalue weighted by Gasteiger charge is -2.30. The van der Waals surface area contributed by atoms with E-state index in [1.165, 1.54) is 0 Å². The maximum absolute atomic E-state index is 11.7. The molecular formula is C12H21NO3. The van der Waals surface area contributed by atoms with Crippen molar-refractivity contribution in [2.75, 3.05) is 19.7 Å². The van der Waals surface area contributed by atoms with Crippen LogP contribution < -0.4 is 0 Å². The highest BCUT2D eigenvalue weighted by molar-refractivity contribution is 5.80. The number of nitrogens with zero attached hydrogens (tertiary/aromatic N) is 1. The van der Waals surface area contributed by atoms with Gasteiger partial charge in [-0.1, -0.05) is 13.8 Å². The number of hydrogen-bond donors (Lipinski definition) is 0. The van der Waals surface area contributed by atoms with Gasteiger partial charge in [-0.25, -0.2) is 0 Å². The summed E-state index contributed by atoms with van der Waals surface area (Å²) in [6.07, 6.45) is 1.11. The molecule has 1 aliphatic rings. The van der Waals surface area contributed by atoms with Crippen LogP contribution in [0.15, 0.2) is 0 Å². The number of esters is 1. The molecule has 0 N–H and O–H groups in total. The Hall–Kier alpha value is -0.900. The Labute approximate surface area is 96.9 Å². The smallest absolute Gasteiger partial charge is 0.323 e. The van der Waals surface area contributed by atoms with E-state index in [-0.39, 0.29) is 12.0 Å². The third-order valence-corrected chi connectivity index (χ3v) is 2.80. The summed E-state index contributed by atoms with van der Waals surface area (Å²) < 4.78 is 5.18. The first-order valence-electron chi connectivity index (χ1n) is 5.93. The minimum absolute atomic E-state index is 0.178. The van der Waals surface area contributed by atoms with Crippen LogP contribution in [0.25, 0.3) is 0 Å². The largest absolute Gasteiger partial charge is 0.464 e. The third kappa shape index (κ3) is 3.93. The highest BCUT2D eigenvalue weighted by Crippen LogP contribution is 2.11. The SMILES string of the molecule is CC(C)COC(=O)C(C)N1CCC(=O)CC1. The minimum atomic E-state index is -0.230. The molecule has 0 saturated carbocycles. The Morgan fingerprint density at radius 3 is 2.38 bits per heavy atom. The van der Waals surface area contributed by atoms with E-state index in [2.05, 4.69) is 0 Å².